The van der Waals surface area contributed by atoms with Crippen LogP contribution in [-0.2, 0) is 24.2 Å². The van der Waals surface area contributed by atoms with Crippen LogP contribution in [0.2, 0.25) is 0 Å². The van der Waals surface area contributed by atoms with E-state index in [0.29, 0.717) is 17.6 Å². The molecule has 0 saturated heterocycles. The Labute approximate surface area is 167 Å². The monoisotopic (exact) mass is 403 g/mol. The number of allylic oxidation sites excluding steroid dienone is 1. The molecule has 1 amide bonds. The van der Waals surface area contributed by atoms with Gasteiger partial charge in [0.2, 0.25) is 5.91 Å². The smallest absolute Gasteiger partial charge is 0.263 e. The summed E-state index contributed by atoms with van der Waals surface area (Å²) in [5, 5.41) is 4.46. The average molecular weight is 404 g/mol. The fourth-order valence-electron chi connectivity index (χ4n) is 3.76. The van der Waals surface area contributed by atoms with Gasteiger partial charge in [-0.2, -0.15) is 0 Å². The Morgan fingerprint density at radius 1 is 1.44 bits per heavy atom. The molecular formula is C20H25N3O2S2. The molecule has 5 nitrogen and oxygen atoms in total. The largest absolute Gasteiger partial charge is 0.353 e. The van der Waals surface area contributed by atoms with Gasteiger partial charge in [-0.25, -0.2) is 4.98 Å². The Morgan fingerprint density at radius 2 is 2.22 bits per heavy atom. The number of thioether (sulfide) groups is 1. The van der Waals surface area contributed by atoms with Gasteiger partial charge in [0.15, 0.2) is 5.16 Å². The van der Waals surface area contributed by atoms with E-state index in [1.54, 1.807) is 22.0 Å². The highest BCUT2D eigenvalue weighted by molar-refractivity contribution is 7.99. The predicted octanol–water partition coefficient (Wildman–Crippen LogP) is 3.53. The molecule has 1 saturated carbocycles. The van der Waals surface area contributed by atoms with E-state index in [-0.39, 0.29) is 23.3 Å². The lowest BCUT2D eigenvalue weighted by Crippen LogP contribution is -2.35. The fraction of sp³-hybridized carbons (Fsp3) is 0.550. The normalized spacial score (nSPS) is 17.5. The molecule has 0 aromatic carbocycles. The van der Waals surface area contributed by atoms with E-state index in [1.165, 1.54) is 41.5 Å². The highest BCUT2D eigenvalue weighted by atomic mass is 32.2. The van der Waals surface area contributed by atoms with Crippen molar-refractivity contribution in [3.63, 3.8) is 0 Å². The maximum absolute atomic E-state index is 13.2. The standard InChI is InChI=1S/C20H25N3O2S2/c1-3-10-23-19(25)17-14-6-4-5-7-15(14)27-18(17)22-20(23)26-11-16(24)21-12(2)13-8-9-13/h3,12-13H,1,4-11H2,2H3,(H,21,24)/t12-/m1/s1. The van der Waals surface area contributed by atoms with Gasteiger partial charge in [-0.3, -0.25) is 14.2 Å². The van der Waals surface area contributed by atoms with Gasteiger partial charge in [-0.05, 0) is 56.9 Å². The maximum Gasteiger partial charge on any atom is 0.263 e. The van der Waals surface area contributed by atoms with E-state index >= 15 is 0 Å². The molecule has 0 spiro atoms. The van der Waals surface area contributed by atoms with Crippen LogP contribution >= 0.6 is 23.1 Å². The zero-order chi connectivity index (χ0) is 19.0. The Morgan fingerprint density at radius 3 is 2.96 bits per heavy atom. The van der Waals surface area contributed by atoms with Crippen molar-refractivity contribution in [1.82, 2.24) is 14.9 Å². The van der Waals surface area contributed by atoms with E-state index in [4.69, 9.17) is 4.98 Å². The van der Waals surface area contributed by atoms with Gasteiger partial charge in [0, 0.05) is 17.5 Å². The number of aromatic nitrogens is 2. The van der Waals surface area contributed by atoms with E-state index in [1.807, 2.05) is 0 Å². The van der Waals surface area contributed by atoms with Crippen molar-refractivity contribution >= 4 is 39.2 Å². The summed E-state index contributed by atoms with van der Waals surface area (Å²) in [7, 11) is 0. The number of hydrogen-bond acceptors (Lipinski definition) is 5. The first-order valence-corrected chi connectivity index (χ1v) is 11.5. The molecule has 2 aromatic heterocycles. The number of rotatable bonds is 7. The number of carbonyl (C=O) groups excluding carboxylic acids is 1. The minimum absolute atomic E-state index is 0.00405. The van der Waals surface area contributed by atoms with Crippen molar-refractivity contribution in [3.8, 4) is 0 Å². The lowest BCUT2D eigenvalue weighted by molar-refractivity contribution is -0.119. The zero-order valence-electron chi connectivity index (χ0n) is 15.6. The second kappa shape index (κ2) is 7.80. The lowest BCUT2D eigenvalue weighted by Gasteiger charge is -2.14. The molecule has 1 atom stereocenters. The fourth-order valence-corrected chi connectivity index (χ4v) is 5.88. The Balaban J connectivity index is 1.61. The van der Waals surface area contributed by atoms with Crippen molar-refractivity contribution in [1.29, 1.82) is 0 Å². The maximum atomic E-state index is 13.2. The predicted molar refractivity (Wildman–Crippen MR) is 112 cm³/mol. The summed E-state index contributed by atoms with van der Waals surface area (Å²) < 4.78 is 1.67. The number of nitrogens with zero attached hydrogens (tertiary/aromatic N) is 2. The molecule has 0 bridgehead atoms. The second-order valence-electron chi connectivity index (χ2n) is 7.47. The van der Waals surface area contributed by atoms with E-state index in [2.05, 4.69) is 18.8 Å². The number of carbonyl (C=O) groups is 1. The molecule has 144 valence electrons. The molecule has 0 aliphatic heterocycles. The second-order valence-corrected chi connectivity index (χ2v) is 9.50. The summed E-state index contributed by atoms with van der Waals surface area (Å²) in [6.45, 7) is 6.26. The van der Waals surface area contributed by atoms with Gasteiger partial charge in [-0.1, -0.05) is 17.8 Å². The van der Waals surface area contributed by atoms with Crippen molar-refractivity contribution in [2.75, 3.05) is 5.75 Å². The van der Waals surface area contributed by atoms with E-state index < -0.39 is 0 Å². The topological polar surface area (TPSA) is 64.0 Å². The molecule has 0 unspecified atom stereocenters. The van der Waals surface area contributed by atoms with Crippen LogP contribution < -0.4 is 10.9 Å². The number of hydrogen-bond donors (Lipinski definition) is 1. The van der Waals surface area contributed by atoms with Crippen LogP contribution in [0.5, 0.6) is 0 Å². The molecule has 1 N–H and O–H groups in total. The number of aryl methyl sites for hydroxylation is 2. The highest BCUT2D eigenvalue weighted by Gasteiger charge is 2.29. The summed E-state index contributed by atoms with van der Waals surface area (Å²) in [5.74, 6) is 0.909. The van der Waals surface area contributed by atoms with E-state index in [9.17, 15) is 9.59 Å². The van der Waals surface area contributed by atoms with Gasteiger partial charge in [-0.15, -0.1) is 17.9 Å². The third-order valence-electron chi connectivity index (χ3n) is 5.40. The SMILES string of the molecule is C=CCn1c(SCC(=O)N[C@H](C)C2CC2)nc2sc3c(c2c1=O)CCCC3. The summed E-state index contributed by atoms with van der Waals surface area (Å²) in [4.78, 5) is 32.3. The zero-order valence-corrected chi connectivity index (χ0v) is 17.3. The molecule has 0 radical (unpaired) electrons. The van der Waals surface area contributed by atoms with Crippen LogP contribution in [0, 0.1) is 5.92 Å². The van der Waals surface area contributed by atoms with Gasteiger partial charge in [0.1, 0.15) is 4.83 Å². The molecular weight excluding hydrogens is 378 g/mol. The average Bonchev–Trinajstić information content (AvgIpc) is 3.43. The summed E-state index contributed by atoms with van der Waals surface area (Å²) in [6.07, 6.45) is 8.45. The quantitative estimate of drug-likeness (QED) is 0.436. The van der Waals surface area contributed by atoms with Crippen molar-refractivity contribution < 1.29 is 4.79 Å². The van der Waals surface area contributed by atoms with Gasteiger partial charge in [0.25, 0.3) is 5.56 Å². The van der Waals surface area contributed by atoms with Crippen LogP contribution in [0.15, 0.2) is 22.6 Å². The van der Waals surface area contributed by atoms with E-state index in [0.717, 1.165) is 29.5 Å². The highest BCUT2D eigenvalue weighted by Crippen LogP contribution is 2.35. The third kappa shape index (κ3) is 3.85. The van der Waals surface area contributed by atoms with Crippen LogP contribution in [0.4, 0.5) is 0 Å². The molecule has 2 aliphatic carbocycles. The first-order valence-electron chi connectivity index (χ1n) is 9.66. The van der Waals surface area contributed by atoms with Crippen LogP contribution in [-0.4, -0.2) is 27.3 Å². The molecule has 2 heterocycles. The number of fused-ring (bicyclic) bond motifs is 3. The molecule has 4 rings (SSSR count). The molecule has 2 aliphatic rings. The van der Waals surface area contributed by atoms with Crippen molar-refractivity contribution in [3.05, 3.63) is 33.4 Å². The Hall–Kier alpha value is -1.60. The summed E-state index contributed by atoms with van der Waals surface area (Å²) in [6, 6.07) is 0.230. The number of nitrogens with one attached hydrogen (secondary N) is 1. The van der Waals surface area contributed by atoms with Crippen LogP contribution in [0.25, 0.3) is 10.2 Å². The van der Waals surface area contributed by atoms with Gasteiger partial charge < -0.3 is 5.32 Å². The Kier molecular flexibility index (Phi) is 5.41. The first-order chi connectivity index (χ1) is 13.1. The first kappa shape index (κ1) is 18.7. The van der Waals surface area contributed by atoms with Crippen molar-refractivity contribution in [2.24, 2.45) is 5.92 Å². The summed E-state index contributed by atoms with van der Waals surface area (Å²) >= 11 is 2.99. The van der Waals surface area contributed by atoms with Gasteiger partial charge >= 0.3 is 0 Å². The van der Waals surface area contributed by atoms with Crippen molar-refractivity contribution in [2.45, 2.75) is 63.2 Å². The van der Waals surface area contributed by atoms with Crippen LogP contribution in [0.3, 0.4) is 0 Å². The third-order valence-corrected chi connectivity index (χ3v) is 7.56. The number of thiophene rings is 1. The summed E-state index contributed by atoms with van der Waals surface area (Å²) in [5.41, 5.74) is 1.21. The number of amides is 1. The molecule has 2 aromatic rings. The minimum atomic E-state index is 0.00405. The molecule has 27 heavy (non-hydrogen) atoms. The lowest BCUT2D eigenvalue weighted by atomic mass is 9.97. The molecule has 1 fully saturated rings. The Bertz CT molecular complexity index is 943. The van der Waals surface area contributed by atoms with Crippen LogP contribution in [0.1, 0.15) is 43.0 Å². The van der Waals surface area contributed by atoms with Gasteiger partial charge in [0.05, 0.1) is 11.1 Å². The minimum Gasteiger partial charge on any atom is -0.353 e. The molecule has 7 heteroatoms.